The van der Waals surface area contributed by atoms with E-state index in [4.69, 9.17) is 4.74 Å². The van der Waals surface area contributed by atoms with E-state index in [2.05, 4.69) is 14.9 Å². The molecule has 2 aromatic heterocycles. The SMILES string of the molecule is Cc1ncsc1CN1C[C@H]2Oc3ncccc3S(=O)(=O)N(Cc3ccccc3)[C@H]2C1. The van der Waals surface area contributed by atoms with Gasteiger partial charge in [-0.05, 0) is 24.6 Å². The van der Waals surface area contributed by atoms with Crippen LogP contribution in [-0.4, -0.2) is 52.8 Å². The van der Waals surface area contributed by atoms with Crippen LogP contribution < -0.4 is 4.74 Å². The van der Waals surface area contributed by atoms with Crippen molar-refractivity contribution in [3.8, 4) is 5.88 Å². The Morgan fingerprint density at radius 3 is 2.70 bits per heavy atom. The molecule has 0 N–H and O–H groups in total. The maximum atomic E-state index is 13.6. The highest BCUT2D eigenvalue weighted by atomic mass is 32.2. The number of hydrogen-bond acceptors (Lipinski definition) is 7. The lowest BCUT2D eigenvalue weighted by molar-refractivity contribution is 0.144. The zero-order valence-electron chi connectivity index (χ0n) is 16.5. The van der Waals surface area contributed by atoms with Gasteiger partial charge in [-0.3, -0.25) is 4.90 Å². The van der Waals surface area contributed by atoms with Crippen LogP contribution in [0.5, 0.6) is 5.88 Å². The van der Waals surface area contributed by atoms with Crippen molar-refractivity contribution in [3.63, 3.8) is 0 Å². The summed E-state index contributed by atoms with van der Waals surface area (Å²) in [7, 11) is -3.76. The highest BCUT2D eigenvalue weighted by Crippen LogP contribution is 2.36. The fraction of sp³-hybridized carbons (Fsp3) is 0.333. The minimum atomic E-state index is -3.76. The van der Waals surface area contributed by atoms with Gasteiger partial charge in [-0.25, -0.2) is 18.4 Å². The molecule has 1 fully saturated rings. The molecule has 1 saturated heterocycles. The summed E-state index contributed by atoms with van der Waals surface area (Å²) in [6, 6.07) is 12.6. The molecule has 0 saturated carbocycles. The number of nitrogens with zero attached hydrogens (tertiary/aromatic N) is 4. The van der Waals surface area contributed by atoms with E-state index in [0.717, 1.165) is 17.8 Å². The molecular formula is C21H22N4O3S2. The van der Waals surface area contributed by atoms with Crippen LogP contribution in [0.4, 0.5) is 0 Å². The Labute approximate surface area is 180 Å². The topological polar surface area (TPSA) is 75.6 Å². The summed E-state index contributed by atoms with van der Waals surface area (Å²) in [6.07, 6.45) is 1.29. The first-order chi connectivity index (χ1) is 14.5. The van der Waals surface area contributed by atoms with Gasteiger partial charge < -0.3 is 4.74 Å². The van der Waals surface area contributed by atoms with Crippen LogP contribution in [0.2, 0.25) is 0 Å². The van der Waals surface area contributed by atoms with E-state index < -0.39 is 10.0 Å². The van der Waals surface area contributed by atoms with Crippen LogP contribution in [0.25, 0.3) is 0 Å². The van der Waals surface area contributed by atoms with E-state index in [0.29, 0.717) is 19.6 Å². The molecule has 1 aromatic carbocycles. The normalized spacial score (nSPS) is 23.4. The van der Waals surface area contributed by atoms with E-state index >= 15 is 0 Å². The Morgan fingerprint density at radius 2 is 1.93 bits per heavy atom. The van der Waals surface area contributed by atoms with Crippen molar-refractivity contribution >= 4 is 21.4 Å². The first kappa shape index (κ1) is 19.6. The molecule has 2 atom stereocenters. The fourth-order valence-corrected chi connectivity index (χ4v) is 6.63. The van der Waals surface area contributed by atoms with E-state index in [1.165, 1.54) is 4.88 Å². The van der Waals surface area contributed by atoms with Gasteiger partial charge in [-0.1, -0.05) is 30.3 Å². The van der Waals surface area contributed by atoms with Crippen molar-refractivity contribution in [2.75, 3.05) is 13.1 Å². The molecule has 0 spiro atoms. The number of benzene rings is 1. The third-order valence-electron chi connectivity index (χ3n) is 5.66. The molecule has 7 nitrogen and oxygen atoms in total. The van der Waals surface area contributed by atoms with Crippen LogP contribution in [0, 0.1) is 6.92 Å². The Kier molecular flexibility index (Phi) is 5.06. The monoisotopic (exact) mass is 442 g/mol. The average molecular weight is 443 g/mol. The second-order valence-corrected chi connectivity index (χ2v) is 10.4. The molecule has 156 valence electrons. The number of hydrogen-bond donors (Lipinski definition) is 0. The maximum Gasteiger partial charge on any atom is 0.249 e. The van der Waals surface area contributed by atoms with Crippen molar-refractivity contribution in [1.29, 1.82) is 0 Å². The van der Waals surface area contributed by atoms with Gasteiger partial charge in [-0.2, -0.15) is 4.31 Å². The van der Waals surface area contributed by atoms with Gasteiger partial charge in [0.2, 0.25) is 15.9 Å². The molecule has 4 heterocycles. The summed E-state index contributed by atoms with van der Waals surface area (Å²) in [4.78, 5) is 12.2. The minimum Gasteiger partial charge on any atom is -0.470 e. The summed E-state index contributed by atoms with van der Waals surface area (Å²) in [5.74, 6) is 0.193. The average Bonchev–Trinajstić information content (AvgIpc) is 3.31. The number of thiazole rings is 1. The molecule has 9 heteroatoms. The fourth-order valence-electron chi connectivity index (χ4n) is 4.11. The Morgan fingerprint density at radius 1 is 1.10 bits per heavy atom. The molecule has 0 amide bonds. The summed E-state index contributed by atoms with van der Waals surface area (Å²) in [6.45, 7) is 4.28. The lowest BCUT2D eigenvalue weighted by Gasteiger charge is -2.28. The van der Waals surface area contributed by atoms with Crippen molar-refractivity contribution in [2.45, 2.75) is 37.1 Å². The number of aromatic nitrogens is 2. The van der Waals surface area contributed by atoms with Crippen LogP contribution in [0.1, 0.15) is 16.1 Å². The molecule has 30 heavy (non-hydrogen) atoms. The van der Waals surface area contributed by atoms with E-state index in [-0.39, 0.29) is 22.9 Å². The van der Waals surface area contributed by atoms with Crippen molar-refractivity contribution in [1.82, 2.24) is 19.2 Å². The third-order valence-corrected chi connectivity index (χ3v) is 8.47. The number of aryl methyl sites for hydroxylation is 1. The Balaban J connectivity index is 1.51. The number of sulfonamides is 1. The quantitative estimate of drug-likeness (QED) is 0.618. The lowest BCUT2D eigenvalue weighted by atomic mass is 10.1. The first-order valence-electron chi connectivity index (χ1n) is 9.81. The van der Waals surface area contributed by atoms with Crippen LogP contribution >= 0.6 is 11.3 Å². The molecule has 2 aliphatic rings. The Bertz CT molecular complexity index is 1150. The number of fused-ring (bicyclic) bond motifs is 2. The van der Waals surface area contributed by atoms with Crippen molar-refractivity contribution < 1.29 is 13.2 Å². The van der Waals surface area contributed by atoms with Gasteiger partial charge in [-0.15, -0.1) is 11.3 Å². The largest absolute Gasteiger partial charge is 0.470 e. The van der Waals surface area contributed by atoms with Gasteiger partial charge in [0.05, 0.1) is 17.2 Å². The molecule has 5 rings (SSSR count). The van der Waals surface area contributed by atoms with Gasteiger partial charge in [0.1, 0.15) is 11.0 Å². The summed E-state index contributed by atoms with van der Waals surface area (Å²) in [5.41, 5.74) is 3.82. The zero-order chi connectivity index (χ0) is 20.7. The number of rotatable bonds is 4. The van der Waals surface area contributed by atoms with Crippen LogP contribution in [0.15, 0.2) is 59.1 Å². The lowest BCUT2D eigenvalue weighted by Crippen LogP contribution is -2.46. The maximum absolute atomic E-state index is 13.6. The van der Waals surface area contributed by atoms with Gasteiger partial charge in [0, 0.05) is 37.3 Å². The van der Waals surface area contributed by atoms with Gasteiger partial charge in [0.15, 0.2) is 0 Å². The number of pyridine rings is 1. The van der Waals surface area contributed by atoms with Gasteiger partial charge in [0.25, 0.3) is 0 Å². The molecule has 2 aliphatic heterocycles. The minimum absolute atomic E-state index is 0.139. The van der Waals surface area contributed by atoms with Gasteiger partial charge >= 0.3 is 0 Å². The zero-order valence-corrected chi connectivity index (χ0v) is 18.1. The van der Waals surface area contributed by atoms with Crippen LogP contribution in [-0.2, 0) is 23.1 Å². The summed E-state index contributed by atoms with van der Waals surface area (Å²) >= 11 is 1.63. The molecule has 0 radical (unpaired) electrons. The molecule has 0 aliphatic carbocycles. The second kappa shape index (κ2) is 7.73. The highest BCUT2D eigenvalue weighted by molar-refractivity contribution is 7.89. The second-order valence-electron chi connectivity index (χ2n) is 7.62. The molecule has 3 aromatic rings. The van der Waals surface area contributed by atoms with E-state index in [1.807, 2.05) is 42.8 Å². The smallest absolute Gasteiger partial charge is 0.249 e. The van der Waals surface area contributed by atoms with E-state index in [1.54, 1.807) is 34.0 Å². The van der Waals surface area contributed by atoms with Crippen molar-refractivity contribution in [3.05, 3.63) is 70.3 Å². The Hall–Kier alpha value is -2.33. The van der Waals surface area contributed by atoms with Crippen LogP contribution in [0.3, 0.4) is 0 Å². The molecule has 0 unspecified atom stereocenters. The summed E-state index contributed by atoms with van der Waals surface area (Å²) in [5, 5.41) is 0. The number of ether oxygens (including phenoxy) is 1. The predicted molar refractivity (Wildman–Crippen MR) is 114 cm³/mol. The van der Waals surface area contributed by atoms with E-state index in [9.17, 15) is 8.42 Å². The molecular weight excluding hydrogens is 420 g/mol. The third kappa shape index (κ3) is 3.51. The summed E-state index contributed by atoms with van der Waals surface area (Å²) < 4.78 is 35.0. The first-order valence-corrected chi connectivity index (χ1v) is 12.1. The standard InChI is InChI=1S/C21H22N4O3S2/c1-15-19(29-14-23-15)13-24-11-17-18(12-24)28-21-20(8-5-9-22-21)30(26,27)25(17)10-16-6-3-2-4-7-16/h2-9,14,17-18H,10-13H2,1H3/t17-,18+/m0/s1. The number of likely N-dealkylation sites (tertiary alicyclic amines) is 1. The predicted octanol–water partition coefficient (Wildman–Crippen LogP) is 2.68. The highest BCUT2D eigenvalue weighted by Gasteiger charge is 2.47. The van der Waals surface area contributed by atoms with Crippen molar-refractivity contribution in [2.24, 2.45) is 0 Å². The molecule has 0 bridgehead atoms.